The molecule has 0 amide bonds. The van der Waals surface area contributed by atoms with Gasteiger partial charge in [0.05, 0.1) is 12.1 Å². The first-order valence-electron chi connectivity index (χ1n) is 4.90. The molecule has 0 aliphatic carbocycles. The van der Waals surface area contributed by atoms with Crippen LogP contribution in [-0.4, -0.2) is 20.6 Å². The van der Waals surface area contributed by atoms with E-state index in [1.165, 1.54) is 16.8 Å². The van der Waals surface area contributed by atoms with Crippen molar-refractivity contribution in [3.05, 3.63) is 52.1 Å². The number of carbonyl (C=O) groups is 1. The topological polar surface area (TPSA) is 85.3 Å². The number of nitrogens with zero attached hydrogens (tertiary/aromatic N) is 2. The van der Waals surface area contributed by atoms with Crippen molar-refractivity contribution < 1.29 is 14.3 Å². The van der Waals surface area contributed by atoms with Crippen LogP contribution in [0, 0.1) is 6.92 Å². The molecule has 17 heavy (non-hydrogen) atoms. The number of hydrogen-bond acceptors (Lipinski definition) is 4. The fourth-order valence-electron chi connectivity index (χ4n) is 1.42. The predicted molar refractivity (Wildman–Crippen MR) is 58.0 cm³/mol. The van der Waals surface area contributed by atoms with Gasteiger partial charge in [0.25, 0.3) is 0 Å². The van der Waals surface area contributed by atoms with Crippen molar-refractivity contribution in [1.82, 2.24) is 9.55 Å². The van der Waals surface area contributed by atoms with E-state index in [4.69, 9.17) is 9.52 Å². The highest BCUT2D eigenvalue weighted by Crippen LogP contribution is 2.08. The Kier molecular flexibility index (Phi) is 2.78. The van der Waals surface area contributed by atoms with Crippen LogP contribution in [-0.2, 0) is 6.54 Å². The van der Waals surface area contributed by atoms with Crippen LogP contribution in [0.25, 0.3) is 0 Å². The summed E-state index contributed by atoms with van der Waals surface area (Å²) >= 11 is 0. The lowest BCUT2D eigenvalue weighted by atomic mass is 10.3. The Balaban J connectivity index is 2.28. The number of rotatable bonds is 3. The van der Waals surface area contributed by atoms with Crippen molar-refractivity contribution in [2.24, 2.45) is 0 Å². The summed E-state index contributed by atoms with van der Waals surface area (Å²) in [5, 5.41) is 8.72. The third kappa shape index (κ3) is 2.41. The zero-order chi connectivity index (χ0) is 12.4. The molecule has 0 aliphatic rings. The van der Waals surface area contributed by atoms with Gasteiger partial charge in [-0.25, -0.2) is 14.6 Å². The summed E-state index contributed by atoms with van der Waals surface area (Å²) in [4.78, 5) is 25.7. The molecular formula is C11H10N2O4. The number of hydrogen-bond donors (Lipinski definition) is 1. The van der Waals surface area contributed by atoms with Crippen LogP contribution in [0.4, 0.5) is 0 Å². The van der Waals surface area contributed by atoms with Crippen LogP contribution in [0.15, 0.2) is 33.9 Å². The van der Waals surface area contributed by atoms with Gasteiger partial charge >= 0.3 is 11.7 Å². The Morgan fingerprint density at radius 1 is 1.59 bits per heavy atom. The van der Waals surface area contributed by atoms with Crippen LogP contribution in [0.3, 0.4) is 0 Å². The molecule has 0 saturated carbocycles. The van der Waals surface area contributed by atoms with Crippen molar-refractivity contribution in [2.75, 3.05) is 0 Å². The number of carboxylic acids is 1. The molecule has 0 atom stereocenters. The molecule has 2 heterocycles. The number of furan rings is 1. The highest BCUT2D eigenvalue weighted by molar-refractivity contribution is 5.87. The molecule has 0 radical (unpaired) electrons. The molecule has 6 nitrogen and oxygen atoms in total. The monoisotopic (exact) mass is 234 g/mol. The SMILES string of the molecule is Cc1cnc(=O)n(Cc2cc(C(=O)O)co2)c1. The molecule has 88 valence electrons. The van der Waals surface area contributed by atoms with Crippen molar-refractivity contribution in [1.29, 1.82) is 0 Å². The van der Waals surface area contributed by atoms with Gasteiger partial charge in [-0.05, 0) is 18.6 Å². The van der Waals surface area contributed by atoms with Crippen LogP contribution in [0.1, 0.15) is 21.7 Å². The van der Waals surface area contributed by atoms with E-state index in [-0.39, 0.29) is 12.1 Å². The molecule has 0 bridgehead atoms. The fourth-order valence-corrected chi connectivity index (χ4v) is 1.42. The third-order valence-electron chi connectivity index (χ3n) is 2.21. The first-order chi connectivity index (χ1) is 8.06. The van der Waals surface area contributed by atoms with Gasteiger partial charge in [-0.15, -0.1) is 0 Å². The van der Waals surface area contributed by atoms with Gasteiger partial charge in [-0.2, -0.15) is 0 Å². The second kappa shape index (κ2) is 4.25. The lowest BCUT2D eigenvalue weighted by molar-refractivity contribution is 0.0696. The van der Waals surface area contributed by atoms with Crippen molar-refractivity contribution in [3.63, 3.8) is 0 Å². The first-order valence-corrected chi connectivity index (χ1v) is 4.90. The predicted octanol–water partition coefficient (Wildman–Crippen LogP) is 0.891. The van der Waals surface area contributed by atoms with Gasteiger partial charge in [-0.1, -0.05) is 0 Å². The van der Waals surface area contributed by atoms with Gasteiger partial charge in [-0.3, -0.25) is 4.57 Å². The normalized spacial score (nSPS) is 10.4. The summed E-state index contributed by atoms with van der Waals surface area (Å²) in [6.07, 6.45) is 4.26. The second-order valence-corrected chi connectivity index (χ2v) is 3.65. The van der Waals surface area contributed by atoms with E-state index in [0.717, 1.165) is 11.8 Å². The molecule has 0 aromatic carbocycles. The Morgan fingerprint density at radius 3 is 3.00 bits per heavy atom. The summed E-state index contributed by atoms with van der Waals surface area (Å²) < 4.78 is 6.42. The average molecular weight is 234 g/mol. The highest BCUT2D eigenvalue weighted by atomic mass is 16.4. The Hall–Kier alpha value is -2.37. The van der Waals surface area contributed by atoms with Crippen molar-refractivity contribution in [2.45, 2.75) is 13.5 Å². The lowest BCUT2D eigenvalue weighted by Crippen LogP contribution is -2.22. The highest BCUT2D eigenvalue weighted by Gasteiger charge is 2.09. The molecule has 0 fully saturated rings. The molecule has 0 unspecified atom stereocenters. The van der Waals surface area contributed by atoms with Gasteiger partial charge in [0, 0.05) is 12.4 Å². The standard InChI is InChI=1S/C11H10N2O4/c1-7-3-12-11(16)13(4-7)5-9-2-8(6-17-9)10(14)15/h2-4,6H,5H2,1H3,(H,14,15). The van der Waals surface area contributed by atoms with E-state index in [1.54, 1.807) is 6.20 Å². The van der Waals surface area contributed by atoms with Crippen molar-refractivity contribution >= 4 is 5.97 Å². The molecular weight excluding hydrogens is 224 g/mol. The van der Waals surface area contributed by atoms with Crippen LogP contribution < -0.4 is 5.69 Å². The minimum Gasteiger partial charge on any atom is -0.478 e. The fraction of sp³-hybridized carbons (Fsp3) is 0.182. The molecule has 0 spiro atoms. The maximum absolute atomic E-state index is 11.4. The van der Waals surface area contributed by atoms with E-state index < -0.39 is 11.7 Å². The van der Waals surface area contributed by atoms with E-state index in [2.05, 4.69) is 4.98 Å². The molecule has 6 heteroatoms. The number of aromatic carboxylic acids is 1. The van der Waals surface area contributed by atoms with Gasteiger partial charge in [0.1, 0.15) is 12.0 Å². The summed E-state index contributed by atoms with van der Waals surface area (Å²) in [7, 11) is 0. The van der Waals surface area contributed by atoms with Gasteiger partial charge < -0.3 is 9.52 Å². The maximum Gasteiger partial charge on any atom is 0.347 e. The zero-order valence-corrected chi connectivity index (χ0v) is 9.08. The van der Waals surface area contributed by atoms with Crippen LogP contribution in [0.2, 0.25) is 0 Å². The Morgan fingerprint density at radius 2 is 2.35 bits per heavy atom. The molecule has 0 aliphatic heterocycles. The minimum absolute atomic E-state index is 0.0636. The second-order valence-electron chi connectivity index (χ2n) is 3.65. The summed E-state index contributed by atoms with van der Waals surface area (Å²) in [5.41, 5.74) is 0.507. The van der Waals surface area contributed by atoms with Crippen molar-refractivity contribution in [3.8, 4) is 0 Å². The smallest absolute Gasteiger partial charge is 0.347 e. The van der Waals surface area contributed by atoms with Gasteiger partial charge in [0.15, 0.2) is 0 Å². The van der Waals surface area contributed by atoms with E-state index >= 15 is 0 Å². The quantitative estimate of drug-likeness (QED) is 0.852. The van der Waals surface area contributed by atoms with E-state index in [9.17, 15) is 9.59 Å². The summed E-state index contributed by atoms with van der Waals surface area (Å²) in [6.45, 7) is 1.98. The average Bonchev–Trinajstić information content (AvgIpc) is 2.72. The molecule has 0 saturated heterocycles. The molecule has 1 N–H and O–H groups in total. The summed E-state index contributed by atoms with van der Waals surface area (Å²) in [6, 6.07) is 1.39. The zero-order valence-electron chi connectivity index (χ0n) is 9.08. The maximum atomic E-state index is 11.4. The van der Waals surface area contributed by atoms with E-state index in [0.29, 0.717) is 5.76 Å². The van der Waals surface area contributed by atoms with Crippen LogP contribution >= 0.6 is 0 Å². The Labute approximate surface area is 96.1 Å². The molecule has 2 rings (SSSR count). The van der Waals surface area contributed by atoms with E-state index in [1.807, 2.05) is 6.92 Å². The van der Waals surface area contributed by atoms with Crippen LogP contribution in [0.5, 0.6) is 0 Å². The number of aryl methyl sites for hydroxylation is 1. The minimum atomic E-state index is -1.06. The first kappa shape index (κ1) is 11.1. The molecule has 2 aromatic rings. The molecule has 2 aromatic heterocycles. The Bertz CT molecular complexity index is 612. The number of aromatic nitrogens is 2. The third-order valence-corrected chi connectivity index (χ3v) is 2.21. The largest absolute Gasteiger partial charge is 0.478 e. The summed E-state index contributed by atoms with van der Waals surface area (Å²) in [5.74, 6) is -0.661. The van der Waals surface area contributed by atoms with Gasteiger partial charge in [0.2, 0.25) is 0 Å². The lowest BCUT2D eigenvalue weighted by Gasteiger charge is -2.02. The number of carboxylic acid groups (broad SMARTS) is 1.